The highest BCUT2D eigenvalue weighted by molar-refractivity contribution is 7.25. The van der Waals surface area contributed by atoms with E-state index in [1.165, 1.54) is 80.7 Å². The van der Waals surface area contributed by atoms with Gasteiger partial charge in [0.2, 0.25) is 0 Å². The van der Waals surface area contributed by atoms with Gasteiger partial charge in [0.05, 0.1) is 5.52 Å². The molecule has 7 aromatic carbocycles. The van der Waals surface area contributed by atoms with Crippen LogP contribution in [0.15, 0.2) is 152 Å². The van der Waals surface area contributed by atoms with Gasteiger partial charge < -0.3 is 4.57 Å². The van der Waals surface area contributed by atoms with Gasteiger partial charge in [0.1, 0.15) is 4.83 Å². The molecule has 2 aromatic heterocycles. The van der Waals surface area contributed by atoms with Gasteiger partial charge in [-0.1, -0.05) is 127 Å². The predicted octanol–water partition coefficient (Wildman–Crippen LogP) is 11.6. The largest absolute Gasteiger partial charge is 0.301 e. The van der Waals surface area contributed by atoms with Crippen molar-refractivity contribution >= 4 is 64.1 Å². The molecule has 0 radical (unpaired) electrons. The Bertz CT molecular complexity index is 2390. The number of hydrogen-bond acceptors (Lipinski definition) is 1. The maximum Gasteiger partial charge on any atom is 0.109 e. The van der Waals surface area contributed by atoms with Crippen molar-refractivity contribution in [1.82, 2.24) is 4.57 Å². The van der Waals surface area contributed by atoms with Crippen molar-refractivity contribution in [2.45, 2.75) is 0 Å². The number of hydrogen-bond donors (Lipinski definition) is 0. The molecule has 9 aromatic rings. The Hall–Kier alpha value is -5.18. The molecule has 0 spiro atoms. The zero-order valence-corrected chi connectivity index (χ0v) is 23.6. The molecule has 0 aliphatic rings. The molecular weight excluding hydrogens is 527 g/mol. The Morgan fingerprint density at radius 3 is 1.57 bits per heavy atom. The van der Waals surface area contributed by atoms with Crippen LogP contribution in [0.25, 0.3) is 80.7 Å². The second kappa shape index (κ2) is 9.17. The van der Waals surface area contributed by atoms with E-state index in [4.69, 9.17) is 0 Å². The van der Waals surface area contributed by atoms with Crippen LogP contribution in [0.5, 0.6) is 0 Å². The Morgan fingerprint density at radius 1 is 0.405 bits per heavy atom. The van der Waals surface area contributed by atoms with E-state index in [0.29, 0.717) is 0 Å². The van der Waals surface area contributed by atoms with E-state index in [1.807, 2.05) is 11.3 Å². The first-order chi connectivity index (χ1) is 20.9. The second-order valence-corrected chi connectivity index (χ2v) is 11.9. The number of benzene rings is 7. The van der Waals surface area contributed by atoms with Gasteiger partial charge in [-0.15, -0.1) is 11.3 Å². The van der Waals surface area contributed by atoms with Crippen LogP contribution in [0.1, 0.15) is 0 Å². The van der Waals surface area contributed by atoms with Crippen LogP contribution in [0.2, 0.25) is 0 Å². The Labute approximate surface area is 247 Å². The predicted molar refractivity (Wildman–Crippen MR) is 182 cm³/mol. The molecule has 2 heteroatoms. The molecule has 0 amide bonds. The lowest BCUT2D eigenvalue weighted by molar-refractivity contribution is 1.19. The van der Waals surface area contributed by atoms with E-state index in [2.05, 4.69) is 156 Å². The van der Waals surface area contributed by atoms with Gasteiger partial charge in [-0.2, -0.15) is 0 Å². The number of nitrogens with zero attached hydrogens (tertiary/aromatic N) is 1. The van der Waals surface area contributed by atoms with E-state index in [9.17, 15) is 0 Å². The third kappa shape index (κ3) is 3.36. The molecule has 0 atom stereocenters. The van der Waals surface area contributed by atoms with Crippen molar-refractivity contribution in [2.24, 2.45) is 0 Å². The number of rotatable bonds is 3. The molecule has 196 valence electrons. The van der Waals surface area contributed by atoms with Gasteiger partial charge in [-0.3, -0.25) is 0 Å². The molecule has 2 heterocycles. The number of thiophene rings is 1. The smallest absolute Gasteiger partial charge is 0.109 e. The van der Waals surface area contributed by atoms with E-state index in [1.54, 1.807) is 0 Å². The SMILES string of the molecule is c1ccc(-c2c3ccccc3c(-c3ccc4c5c6ccccc6sc5n(-c5ccccc5)c4c3)c3ccccc23)cc1. The van der Waals surface area contributed by atoms with E-state index < -0.39 is 0 Å². The summed E-state index contributed by atoms with van der Waals surface area (Å²) in [5, 5.41) is 9.08. The van der Waals surface area contributed by atoms with Crippen LogP contribution in [0.3, 0.4) is 0 Å². The van der Waals surface area contributed by atoms with Crippen molar-refractivity contribution < 1.29 is 0 Å². The van der Waals surface area contributed by atoms with Crippen molar-refractivity contribution in [3.05, 3.63) is 152 Å². The number of para-hydroxylation sites is 1. The molecule has 1 nitrogen and oxygen atoms in total. The molecule has 0 saturated heterocycles. The zero-order valence-electron chi connectivity index (χ0n) is 22.8. The van der Waals surface area contributed by atoms with Crippen LogP contribution in [0.4, 0.5) is 0 Å². The first kappa shape index (κ1) is 23.5. The highest BCUT2D eigenvalue weighted by Gasteiger charge is 2.20. The van der Waals surface area contributed by atoms with Crippen molar-refractivity contribution in [3.63, 3.8) is 0 Å². The van der Waals surface area contributed by atoms with Gasteiger partial charge in [0.25, 0.3) is 0 Å². The van der Waals surface area contributed by atoms with Crippen LogP contribution in [0, 0.1) is 0 Å². The van der Waals surface area contributed by atoms with Crippen LogP contribution in [-0.2, 0) is 0 Å². The summed E-state index contributed by atoms with van der Waals surface area (Å²) in [6.07, 6.45) is 0. The topological polar surface area (TPSA) is 4.93 Å². The summed E-state index contributed by atoms with van der Waals surface area (Å²) in [5.41, 5.74) is 7.50. The lowest BCUT2D eigenvalue weighted by Gasteiger charge is -2.18. The van der Waals surface area contributed by atoms with Crippen LogP contribution < -0.4 is 0 Å². The summed E-state index contributed by atoms with van der Waals surface area (Å²) in [5.74, 6) is 0. The summed E-state index contributed by atoms with van der Waals surface area (Å²) >= 11 is 1.88. The monoisotopic (exact) mass is 551 g/mol. The van der Waals surface area contributed by atoms with Crippen molar-refractivity contribution in [3.8, 4) is 27.9 Å². The molecule has 0 aliphatic carbocycles. The Morgan fingerprint density at radius 2 is 0.929 bits per heavy atom. The molecule has 9 rings (SSSR count). The first-order valence-electron chi connectivity index (χ1n) is 14.4. The minimum absolute atomic E-state index is 1.19. The zero-order chi connectivity index (χ0) is 27.6. The molecule has 0 N–H and O–H groups in total. The van der Waals surface area contributed by atoms with Crippen molar-refractivity contribution in [1.29, 1.82) is 0 Å². The van der Waals surface area contributed by atoms with Gasteiger partial charge in [0.15, 0.2) is 0 Å². The van der Waals surface area contributed by atoms with Crippen LogP contribution in [-0.4, -0.2) is 4.57 Å². The molecule has 0 unspecified atom stereocenters. The third-order valence-corrected chi connectivity index (χ3v) is 9.74. The fourth-order valence-electron chi connectivity index (χ4n) is 6.83. The Kier molecular flexibility index (Phi) is 5.13. The average Bonchev–Trinajstić information content (AvgIpc) is 3.58. The fourth-order valence-corrected chi connectivity index (χ4v) is 8.08. The number of fused-ring (bicyclic) bond motifs is 7. The molecule has 0 bridgehead atoms. The number of aromatic nitrogens is 1. The minimum atomic E-state index is 1.19. The quantitative estimate of drug-likeness (QED) is 0.192. The van der Waals surface area contributed by atoms with Gasteiger partial charge in [-0.25, -0.2) is 0 Å². The van der Waals surface area contributed by atoms with Gasteiger partial charge >= 0.3 is 0 Å². The van der Waals surface area contributed by atoms with Gasteiger partial charge in [0, 0.05) is 26.5 Å². The van der Waals surface area contributed by atoms with E-state index in [0.717, 1.165) is 0 Å². The first-order valence-corrected chi connectivity index (χ1v) is 15.2. The molecule has 0 fully saturated rings. The molecule has 42 heavy (non-hydrogen) atoms. The summed E-state index contributed by atoms with van der Waals surface area (Å²) < 4.78 is 3.79. The summed E-state index contributed by atoms with van der Waals surface area (Å²) in [6.45, 7) is 0. The minimum Gasteiger partial charge on any atom is -0.301 e. The van der Waals surface area contributed by atoms with Crippen molar-refractivity contribution in [2.75, 3.05) is 0 Å². The van der Waals surface area contributed by atoms with E-state index >= 15 is 0 Å². The highest BCUT2D eigenvalue weighted by atomic mass is 32.1. The summed E-state index contributed by atoms with van der Waals surface area (Å²) in [7, 11) is 0. The van der Waals surface area contributed by atoms with Crippen LogP contribution >= 0.6 is 11.3 Å². The normalized spacial score (nSPS) is 11.8. The highest BCUT2D eigenvalue weighted by Crippen LogP contribution is 2.46. The second-order valence-electron chi connectivity index (χ2n) is 10.9. The summed E-state index contributed by atoms with van der Waals surface area (Å²) in [6, 6.07) is 55.3. The molecule has 0 saturated carbocycles. The van der Waals surface area contributed by atoms with Gasteiger partial charge in [-0.05, 0) is 68.1 Å². The fraction of sp³-hybridized carbons (Fsp3) is 0. The lowest BCUT2D eigenvalue weighted by Crippen LogP contribution is -1.93. The maximum atomic E-state index is 2.46. The summed E-state index contributed by atoms with van der Waals surface area (Å²) in [4.78, 5) is 1.30. The van der Waals surface area contributed by atoms with E-state index in [-0.39, 0.29) is 0 Å². The molecular formula is C40H25NS. The average molecular weight is 552 g/mol. The molecule has 0 aliphatic heterocycles. The maximum absolute atomic E-state index is 2.46. The lowest BCUT2D eigenvalue weighted by atomic mass is 9.86. The third-order valence-electron chi connectivity index (χ3n) is 8.58. The Balaban J connectivity index is 1.42. The standard InChI is InChI=1S/C40H25NS/c1-3-13-26(14-4-1)37-29-17-7-9-19-31(29)38(32-20-10-8-18-30(32)37)27-23-24-33-35(25-27)41(28-15-5-2-6-16-28)40-39(33)34-21-11-12-22-36(34)42-40/h1-25H.